The third-order valence-corrected chi connectivity index (χ3v) is 4.10. The van der Waals surface area contributed by atoms with Gasteiger partial charge in [0.05, 0.1) is 12.6 Å². The van der Waals surface area contributed by atoms with Crippen LogP contribution in [0.1, 0.15) is 31.7 Å². The number of amides is 1. The summed E-state index contributed by atoms with van der Waals surface area (Å²) in [6.07, 6.45) is 3.08. The highest BCUT2D eigenvalue weighted by Gasteiger charge is 2.36. The quantitative estimate of drug-likeness (QED) is 0.890. The number of hydrogen-bond donors (Lipinski definition) is 2. The number of nitrogens with one attached hydrogen (secondary N) is 1. The van der Waals surface area contributed by atoms with Gasteiger partial charge in [-0.1, -0.05) is 6.07 Å². The predicted molar refractivity (Wildman–Crippen MR) is 88.6 cm³/mol. The fourth-order valence-electron chi connectivity index (χ4n) is 2.83. The third-order valence-electron chi connectivity index (χ3n) is 4.10. The summed E-state index contributed by atoms with van der Waals surface area (Å²) in [6, 6.07) is 5.15. The van der Waals surface area contributed by atoms with Gasteiger partial charge in [-0.2, -0.15) is 0 Å². The van der Waals surface area contributed by atoms with Gasteiger partial charge in [-0.25, -0.2) is 0 Å². The van der Waals surface area contributed by atoms with Crippen LogP contribution in [0.25, 0.3) is 0 Å². The van der Waals surface area contributed by atoms with Crippen molar-refractivity contribution < 1.29 is 14.6 Å². The molecule has 0 saturated carbocycles. The van der Waals surface area contributed by atoms with Gasteiger partial charge in [0.15, 0.2) is 11.5 Å². The topological polar surface area (TPSA) is 61.8 Å². The summed E-state index contributed by atoms with van der Waals surface area (Å²) in [7, 11) is 3.32. The molecule has 124 valence electrons. The number of methoxy groups -OCH3 is 1. The van der Waals surface area contributed by atoms with E-state index in [0.717, 1.165) is 31.4 Å². The Morgan fingerprint density at radius 2 is 2.18 bits per heavy atom. The first-order chi connectivity index (χ1) is 9.96. The molecular weight excluding hydrogens is 304 g/mol. The molecule has 1 aromatic rings. The zero-order valence-electron chi connectivity index (χ0n) is 13.4. The van der Waals surface area contributed by atoms with E-state index < -0.39 is 5.54 Å². The van der Waals surface area contributed by atoms with Crippen molar-refractivity contribution >= 4 is 18.3 Å². The first-order valence-corrected chi connectivity index (χ1v) is 7.33. The summed E-state index contributed by atoms with van der Waals surface area (Å²) in [5.74, 6) is 0.640. The molecule has 2 N–H and O–H groups in total. The SMILES string of the molecule is COc1cc(CN(C)C(=O)C2(C)CCCCN2)ccc1O.Cl. The summed E-state index contributed by atoms with van der Waals surface area (Å²) < 4.78 is 5.10. The van der Waals surface area contributed by atoms with E-state index in [1.165, 1.54) is 7.11 Å². The first-order valence-electron chi connectivity index (χ1n) is 7.33. The van der Waals surface area contributed by atoms with Crippen molar-refractivity contribution in [3.63, 3.8) is 0 Å². The Balaban J connectivity index is 0.00000242. The number of benzene rings is 1. The number of likely N-dealkylation sites (N-methyl/N-ethyl adjacent to an activating group) is 1. The van der Waals surface area contributed by atoms with Crippen LogP contribution in [-0.2, 0) is 11.3 Å². The van der Waals surface area contributed by atoms with Crippen molar-refractivity contribution in [2.24, 2.45) is 0 Å². The van der Waals surface area contributed by atoms with Gasteiger partial charge in [0, 0.05) is 13.6 Å². The maximum atomic E-state index is 12.6. The van der Waals surface area contributed by atoms with Crippen LogP contribution in [0, 0.1) is 0 Å². The molecule has 1 unspecified atom stereocenters. The van der Waals surface area contributed by atoms with Gasteiger partial charge in [0.25, 0.3) is 0 Å². The van der Waals surface area contributed by atoms with Gasteiger partial charge in [-0.3, -0.25) is 4.79 Å². The summed E-state index contributed by atoms with van der Waals surface area (Å²) in [5, 5.41) is 12.9. The number of halogens is 1. The molecule has 6 heteroatoms. The second-order valence-electron chi connectivity index (χ2n) is 5.88. The molecule has 0 aliphatic carbocycles. The maximum absolute atomic E-state index is 12.6. The van der Waals surface area contributed by atoms with E-state index in [1.54, 1.807) is 23.1 Å². The highest BCUT2D eigenvalue weighted by atomic mass is 35.5. The van der Waals surface area contributed by atoms with Crippen LogP contribution in [0.2, 0.25) is 0 Å². The Morgan fingerprint density at radius 3 is 2.77 bits per heavy atom. The average molecular weight is 329 g/mol. The lowest BCUT2D eigenvalue weighted by Gasteiger charge is -2.36. The second-order valence-corrected chi connectivity index (χ2v) is 5.88. The van der Waals surface area contributed by atoms with Gasteiger partial charge in [0.1, 0.15) is 0 Å². The molecule has 1 amide bonds. The smallest absolute Gasteiger partial charge is 0.242 e. The first kappa shape index (κ1) is 18.6. The van der Waals surface area contributed by atoms with Gasteiger partial charge < -0.3 is 20.1 Å². The van der Waals surface area contributed by atoms with Gasteiger partial charge in [0.2, 0.25) is 5.91 Å². The van der Waals surface area contributed by atoms with Gasteiger partial charge in [-0.15, -0.1) is 12.4 Å². The van der Waals surface area contributed by atoms with E-state index in [0.29, 0.717) is 12.3 Å². The van der Waals surface area contributed by atoms with Crippen LogP contribution in [0.5, 0.6) is 11.5 Å². The summed E-state index contributed by atoms with van der Waals surface area (Å²) >= 11 is 0. The molecule has 5 nitrogen and oxygen atoms in total. The number of phenols is 1. The Hall–Kier alpha value is -1.46. The number of rotatable bonds is 4. The van der Waals surface area contributed by atoms with E-state index in [2.05, 4.69) is 5.32 Å². The molecule has 1 aliphatic heterocycles. The van der Waals surface area contributed by atoms with Crippen molar-refractivity contribution in [1.29, 1.82) is 0 Å². The number of ether oxygens (including phenoxy) is 1. The van der Waals surface area contributed by atoms with Crippen LogP contribution in [-0.4, -0.2) is 42.2 Å². The fourth-order valence-corrected chi connectivity index (χ4v) is 2.83. The van der Waals surface area contributed by atoms with Gasteiger partial charge in [-0.05, 0) is 50.4 Å². The maximum Gasteiger partial charge on any atom is 0.242 e. The minimum atomic E-state index is -0.464. The van der Waals surface area contributed by atoms with Crippen LogP contribution in [0.4, 0.5) is 0 Å². The molecule has 0 radical (unpaired) electrons. The number of carbonyl (C=O) groups excluding carboxylic acids is 1. The van der Waals surface area contributed by atoms with Crippen LogP contribution in [0.3, 0.4) is 0 Å². The lowest BCUT2D eigenvalue weighted by atomic mass is 9.89. The molecule has 0 spiro atoms. The highest BCUT2D eigenvalue weighted by molar-refractivity contribution is 5.86. The van der Waals surface area contributed by atoms with E-state index in [4.69, 9.17) is 4.74 Å². The molecule has 2 rings (SSSR count). The Kier molecular flexibility index (Phi) is 6.50. The largest absolute Gasteiger partial charge is 0.504 e. The number of carbonyl (C=O) groups is 1. The molecule has 1 heterocycles. The van der Waals surface area contributed by atoms with E-state index >= 15 is 0 Å². The Morgan fingerprint density at radius 1 is 1.45 bits per heavy atom. The summed E-state index contributed by atoms with van der Waals surface area (Å²) in [5.41, 5.74) is 0.466. The molecular formula is C16H25ClN2O3. The number of piperidine rings is 1. The summed E-state index contributed by atoms with van der Waals surface area (Å²) in [4.78, 5) is 14.4. The number of nitrogens with zero attached hydrogens (tertiary/aromatic N) is 1. The molecule has 1 saturated heterocycles. The van der Waals surface area contributed by atoms with Crippen LogP contribution < -0.4 is 10.1 Å². The lowest BCUT2D eigenvalue weighted by Crippen LogP contribution is -2.57. The summed E-state index contributed by atoms with van der Waals surface area (Å²) in [6.45, 7) is 3.36. The normalized spacial score (nSPS) is 20.9. The molecule has 0 aromatic heterocycles. The number of aromatic hydroxyl groups is 1. The molecule has 1 aliphatic rings. The Bertz CT molecular complexity index is 516. The van der Waals surface area contributed by atoms with Crippen molar-refractivity contribution in [2.45, 2.75) is 38.3 Å². The predicted octanol–water partition coefficient (Wildman–Crippen LogP) is 2.31. The Labute approximate surface area is 138 Å². The molecule has 22 heavy (non-hydrogen) atoms. The minimum Gasteiger partial charge on any atom is -0.504 e. The molecule has 1 aromatic carbocycles. The monoisotopic (exact) mass is 328 g/mol. The molecule has 1 atom stereocenters. The standard InChI is InChI=1S/C16H24N2O3.ClH/c1-16(8-4-5-9-17-16)15(20)18(2)11-12-6-7-13(19)14(10-12)21-3;/h6-7,10,17,19H,4-5,8-9,11H2,1-3H3;1H. The fraction of sp³-hybridized carbons (Fsp3) is 0.562. The number of hydrogen-bond acceptors (Lipinski definition) is 4. The van der Waals surface area contributed by atoms with Crippen LogP contribution >= 0.6 is 12.4 Å². The van der Waals surface area contributed by atoms with Gasteiger partial charge >= 0.3 is 0 Å². The highest BCUT2D eigenvalue weighted by Crippen LogP contribution is 2.27. The van der Waals surface area contributed by atoms with E-state index in [9.17, 15) is 9.90 Å². The van der Waals surface area contributed by atoms with Crippen molar-refractivity contribution in [2.75, 3.05) is 20.7 Å². The average Bonchev–Trinajstić information content (AvgIpc) is 2.49. The second kappa shape index (κ2) is 7.70. The van der Waals surface area contributed by atoms with Crippen molar-refractivity contribution in [3.05, 3.63) is 23.8 Å². The zero-order chi connectivity index (χ0) is 15.5. The lowest BCUT2D eigenvalue weighted by molar-refractivity contribution is -0.137. The zero-order valence-corrected chi connectivity index (χ0v) is 14.2. The molecule has 0 bridgehead atoms. The van der Waals surface area contributed by atoms with E-state index in [-0.39, 0.29) is 24.1 Å². The number of phenolic OH excluding ortho intramolecular Hbond substituents is 1. The molecule has 1 fully saturated rings. The van der Waals surface area contributed by atoms with Crippen LogP contribution in [0.15, 0.2) is 18.2 Å². The third kappa shape index (κ3) is 4.05. The van der Waals surface area contributed by atoms with Crippen molar-refractivity contribution in [1.82, 2.24) is 10.2 Å². The minimum absolute atomic E-state index is 0. The van der Waals surface area contributed by atoms with Crippen molar-refractivity contribution in [3.8, 4) is 11.5 Å². The van der Waals surface area contributed by atoms with E-state index in [1.807, 2.05) is 14.0 Å².